The first-order valence-corrected chi connectivity index (χ1v) is 9.01. The molecule has 0 unspecified atom stereocenters. The lowest BCUT2D eigenvalue weighted by molar-refractivity contribution is 0.0398. The third-order valence-electron chi connectivity index (χ3n) is 4.21. The van der Waals surface area contributed by atoms with Gasteiger partial charge in [0.2, 0.25) is 5.95 Å². The number of ether oxygens (including phenoxy) is 2. The molecule has 140 valence electrons. The van der Waals surface area contributed by atoms with Gasteiger partial charge in [0.1, 0.15) is 11.6 Å². The molecule has 1 aliphatic rings. The second kappa shape index (κ2) is 9.02. The molecule has 2 heterocycles. The highest BCUT2D eigenvalue weighted by molar-refractivity contribution is 6.31. The number of aryl methyl sites for hydroxylation is 1. The van der Waals surface area contributed by atoms with Crippen molar-refractivity contribution >= 4 is 29.1 Å². The molecule has 0 saturated carbocycles. The molecule has 1 aromatic carbocycles. The highest BCUT2D eigenvalue weighted by atomic mass is 35.5. The van der Waals surface area contributed by atoms with Crippen LogP contribution in [0.1, 0.15) is 5.56 Å². The lowest BCUT2D eigenvalue weighted by atomic mass is 10.2. The van der Waals surface area contributed by atoms with Gasteiger partial charge < -0.3 is 20.1 Å². The number of halogens is 1. The van der Waals surface area contributed by atoms with Crippen LogP contribution in [-0.4, -0.2) is 61.4 Å². The number of benzene rings is 1. The Bertz CT molecular complexity index is 738. The molecule has 0 aliphatic carbocycles. The van der Waals surface area contributed by atoms with Crippen LogP contribution < -0.4 is 15.4 Å². The number of hydrogen-bond acceptors (Lipinski definition) is 7. The van der Waals surface area contributed by atoms with Gasteiger partial charge in [-0.05, 0) is 24.6 Å². The van der Waals surface area contributed by atoms with E-state index in [2.05, 4.69) is 25.5 Å². The summed E-state index contributed by atoms with van der Waals surface area (Å²) in [7, 11) is 1.62. The molecular formula is C18H24ClN5O2. The Morgan fingerprint density at radius 3 is 2.88 bits per heavy atom. The summed E-state index contributed by atoms with van der Waals surface area (Å²) in [6, 6.07) is 5.55. The molecule has 7 nitrogen and oxygen atoms in total. The predicted molar refractivity (Wildman–Crippen MR) is 104 cm³/mol. The third-order valence-corrected chi connectivity index (χ3v) is 4.62. The Kier molecular flexibility index (Phi) is 6.49. The van der Waals surface area contributed by atoms with E-state index in [9.17, 15) is 0 Å². The molecule has 1 saturated heterocycles. The fourth-order valence-corrected chi connectivity index (χ4v) is 2.89. The number of hydrogen-bond donors (Lipinski definition) is 2. The molecule has 0 radical (unpaired) electrons. The molecule has 26 heavy (non-hydrogen) atoms. The Labute approximate surface area is 158 Å². The van der Waals surface area contributed by atoms with Gasteiger partial charge in [-0.25, -0.2) is 4.98 Å². The topological polar surface area (TPSA) is 71.5 Å². The second-order valence-corrected chi connectivity index (χ2v) is 6.48. The number of methoxy groups -OCH3 is 1. The van der Waals surface area contributed by atoms with Crippen LogP contribution in [0, 0.1) is 6.92 Å². The van der Waals surface area contributed by atoms with Gasteiger partial charge in [0, 0.05) is 43.5 Å². The van der Waals surface area contributed by atoms with Crippen molar-refractivity contribution in [3.63, 3.8) is 0 Å². The zero-order valence-corrected chi connectivity index (χ0v) is 15.8. The van der Waals surface area contributed by atoms with Crippen LogP contribution in [0.5, 0.6) is 5.75 Å². The first kappa shape index (κ1) is 18.7. The van der Waals surface area contributed by atoms with Crippen LogP contribution >= 0.6 is 11.6 Å². The normalized spacial score (nSPS) is 14.9. The van der Waals surface area contributed by atoms with Gasteiger partial charge in [0.15, 0.2) is 0 Å². The molecule has 1 aliphatic heterocycles. The molecule has 1 fully saturated rings. The van der Waals surface area contributed by atoms with Gasteiger partial charge in [-0.1, -0.05) is 11.6 Å². The molecule has 0 bridgehead atoms. The summed E-state index contributed by atoms with van der Waals surface area (Å²) in [5.41, 5.74) is 1.78. The van der Waals surface area contributed by atoms with Crippen LogP contribution in [0.15, 0.2) is 24.4 Å². The average molecular weight is 378 g/mol. The zero-order chi connectivity index (χ0) is 18.4. The van der Waals surface area contributed by atoms with Gasteiger partial charge in [0.25, 0.3) is 0 Å². The summed E-state index contributed by atoms with van der Waals surface area (Å²) in [5.74, 6) is 1.95. The lowest BCUT2D eigenvalue weighted by Crippen LogP contribution is -2.39. The van der Waals surface area contributed by atoms with E-state index in [1.165, 1.54) is 0 Å². The number of nitrogens with one attached hydrogen (secondary N) is 2. The maximum atomic E-state index is 6.16. The summed E-state index contributed by atoms with van der Waals surface area (Å²) in [4.78, 5) is 11.2. The number of rotatable bonds is 7. The summed E-state index contributed by atoms with van der Waals surface area (Å²) in [6.07, 6.45) is 1.72. The van der Waals surface area contributed by atoms with Crippen molar-refractivity contribution in [1.29, 1.82) is 0 Å². The Balaban J connectivity index is 1.61. The first-order valence-electron chi connectivity index (χ1n) is 8.64. The summed E-state index contributed by atoms with van der Waals surface area (Å²) in [5, 5.41) is 7.21. The Morgan fingerprint density at radius 2 is 2.12 bits per heavy atom. The van der Waals surface area contributed by atoms with Crippen molar-refractivity contribution in [3.05, 3.63) is 35.0 Å². The summed E-state index contributed by atoms with van der Waals surface area (Å²) in [6.45, 7) is 7.23. The van der Waals surface area contributed by atoms with E-state index in [0.717, 1.165) is 50.6 Å². The van der Waals surface area contributed by atoms with Crippen LogP contribution in [-0.2, 0) is 4.74 Å². The molecule has 0 spiro atoms. The van der Waals surface area contributed by atoms with E-state index in [1.807, 2.05) is 19.1 Å². The first-order chi connectivity index (χ1) is 12.7. The van der Waals surface area contributed by atoms with E-state index < -0.39 is 0 Å². The van der Waals surface area contributed by atoms with E-state index in [0.29, 0.717) is 22.5 Å². The second-order valence-electron chi connectivity index (χ2n) is 6.07. The molecule has 2 aromatic rings. The van der Waals surface area contributed by atoms with Crippen LogP contribution in [0.2, 0.25) is 5.02 Å². The third kappa shape index (κ3) is 4.97. The standard InChI is InChI=1S/C18H24ClN5O2/c1-13-11-15(16(25-2)12-14(13)19)22-17-3-4-20-18(23-17)21-5-6-24-7-9-26-10-8-24/h3-4,11-12H,5-10H2,1-2H3,(H2,20,21,22,23). The minimum Gasteiger partial charge on any atom is -0.495 e. The molecular weight excluding hydrogens is 354 g/mol. The Hall–Kier alpha value is -2.09. The number of nitrogens with zero attached hydrogens (tertiary/aromatic N) is 3. The van der Waals surface area contributed by atoms with Gasteiger partial charge in [-0.2, -0.15) is 4.98 Å². The number of morpholine rings is 1. The smallest absolute Gasteiger partial charge is 0.224 e. The largest absolute Gasteiger partial charge is 0.495 e. The number of aromatic nitrogens is 2. The minimum atomic E-state index is 0.591. The van der Waals surface area contributed by atoms with Crippen LogP contribution in [0.25, 0.3) is 0 Å². The van der Waals surface area contributed by atoms with E-state index in [4.69, 9.17) is 21.1 Å². The monoisotopic (exact) mass is 377 g/mol. The zero-order valence-electron chi connectivity index (χ0n) is 15.1. The van der Waals surface area contributed by atoms with E-state index >= 15 is 0 Å². The molecule has 3 rings (SSSR count). The lowest BCUT2D eigenvalue weighted by Gasteiger charge is -2.26. The number of anilines is 3. The maximum Gasteiger partial charge on any atom is 0.224 e. The SMILES string of the molecule is COc1cc(Cl)c(C)cc1Nc1ccnc(NCCN2CCOCC2)n1. The summed E-state index contributed by atoms with van der Waals surface area (Å²) >= 11 is 6.16. The van der Waals surface area contributed by atoms with Gasteiger partial charge in [-0.3, -0.25) is 4.90 Å². The van der Waals surface area contributed by atoms with Gasteiger partial charge >= 0.3 is 0 Å². The maximum absolute atomic E-state index is 6.16. The predicted octanol–water partition coefficient (Wildman–Crippen LogP) is 2.93. The van der Waals surface area contributed by atoms with Crippen molar-refractivity contribution in [2.45, 2.75) is 6.92 Å². The van der Waals surface area contributed by atoms with Crippen molar-refractivity contribution in [3.8, 4) is 5.75 Å². The van der Waals surface area contributed by atoms with Gasteiger partial charge in [-0.15, -0.1) is 0 Å². The molecule has 0 amide bonds. The average Bonchev–Trinajstić information content (AvgIpc) is 2.66. The van der Waals surface area contributed by atoms with Crippen molar-refractivity contribution in [2.75, 3.05) is 57.1 Å². The van der Waals surface area contributed by atoms with E-state index in [1.54, 1.807) is 19.4 Å². The molecule has 2 N–H and O–H groups in total. The Morgan fingerprint density at radius 1 is 1.31 bits per heavy atom. The van der Waals surface area contributed by atoms with E-state index in [-0.39, 0.29) is 0 Å². The summed E-state index contributed by atoms with van der Waals surface area (Å²) < 4.78 is 10.8. The van der Waals surface area contributed by atoms with Crippen molar-refractivity contribution < 1.29 is 9.47 Å². The van der Waals surface area contributed by atoms with Crippen molar-refractivity contribution in [2.24, 2.45) is 0 Å². The van der Waals surface area contributed by atoms with Crippen LogP contribution in [0.3, 0.4) is 0 Å². The highest BCUT2D eigenvalue weighted by Gasteiger charge is 2.11. The highest BCUT2D eigenvalue weighted by Crippen LogP contribution is 2.32. The van der Waals surface area contributed by atoms with Crippen LogP contribution in [0.4, 0.5) is 17.5 Å². The quantitative estimate of drug-likeness (QED) is 0.768. The van der Waals surface area contributed by atoms with Crippen molar-refractivity contribution in [1.82, 2.24) is 14.9 Å². The molecule has 8 heteroatoms. The molecule has 1 aromatic heterocycles. The fourth-order valence-electron chi connectivity index (χ4n) is 2.73. The minimum absolute atomic E-state index is 0.591. The molecule has 0 atom stereocenters. The fraction of sp³-hybridized carbons (Fsp3) is 0.444. The van der Waals surface area contributed by atoms with Gasteiger partial charge in [0.05, 0.1) is 26.0 Å².